The molecular weight excluding hydrogens is 290 g/mol. The van der Waals surface area contributed by atoms with E-state index in [0.29, 0.717) is 17.2 Å². The minimum absolute atomic E-state index is 0.170. The van der Waals surface area contributed by atoms with Gasteiger partial charge in [0.05, 0.1) is 0 Å². The van der Waals surface area contributed by atoms with Gasteiger partial charge >= 0.3 is 0 Å². The van der Waals surface area contributed by atoms with Gasteiger partial charge in [0.15, 0.2) is 5.65 Å². The van der Waals surface area contributed by atoms with Crippen LogP contribution in [0.2, 0.25) is 0 Å². The van der Waals surface area contributed by atoms with Crippen LogP contribution in [0.4, 0.5) is 5.95 Å². The Morgan fingerprint density at radius 2 is 1.96 bits per heavy atom. The van der Waals surface area contributed by atoms with Crippen LogP contribution in [0, 0.1) is 18.3 Å². The van der Waals surface area contributed by atoms with E-state index in [2.05, 4.69) is 28.8 Å². The highest BCUT2D eigenvalue weighted by Gasteiger charge is 2.15. The van der Waals surface area contributed by atoms with E-state index in [0.717, 1.165) is 32.4 Å². The summed E-state index contributed by atoms with van der Waals surface area (Å²) >= 11 is 0. The summed E-state index contributed by atoms with van der Waals surface area (Å²) in [5, 5.41) is 12.2. The zero-order valence-corrected chi connectivity index (χ0v) is 14.2. The first-order valence-corrected chi connectivity index (χ1v) is 8.39. The number of unbranched alkanes of at least 4 members (excludes halogenated alkanes) is 3. The van der Waals surface area contributed by atoms with Crippen molar-refractivity contribution >= 4 is 11.6 Å². The standard InChI is InChI=1S/C17H25N5O/c1-4-6-8-10-21(9-7-5-2)17-19-15-11-13(3)14(12-18)16(23)22(15)20-17/h11H,4-10H2,1-3H3,(H,19,20). The molecule has 0 aliphatic carbocycles. The van der Waals surface area contributed by atoms with E-state index in [-0.39, 0.29) is 11.1 Å². The number of hydrogen-bond acceptors (Lipinski definition) is 4. The summed E-state index contributed by atoms with van der Waals surface area (Å²) < 4.78 is 1.37. The number of H-pyrrole nitrogens is 1. The molecule has 0 spiro atoms. The van der Waals surface area contributed by atoms with Crippen LogP contribution in [0.1, 0.15) is 57.1 Å². The van der Waals surface area contributed by atoms with Crippen LogP contribution >= 0.6 is 0 Å². The molecule has 0 fully saturated rings. The van der Waals surface area contributed by atoms with Crippen molar-refractivity contribution in [2.75, 3.05) is 18.0 Å². The molecule has 2 aromatic rings. The number of aryl methyl sites for hydroxylation is 1. The number of nitriles is 1. The van der Waals surface area contributed by atoms with Crippen LogP contribution in [-0.4, -0.2) is 27.7 Å². The number of fused-ring (bicyclic) bond motifs is 1. The number of hydrogen-bond donors (Lipinski definition) is 1. The van der Waals surface area contributed by atoms with Crippen LogP contribution in [0.25, 0.3) is 5.65 Å². The Kier molecular flexibility index (Phi) is 5.80. The predicted octanol–water partition coefficient (Wildman–Crippen LogP) is 3.00. The summed E-state index contributed by atoms with van der Waals surface area (Å²) in [5.41, 5.74) is 1.08. The lowest BCUT2D eigenvalue weighted by molar-refractivity contribution is 0.640. The summed E-state index contributed by atoms with van der Waals surface area (Å²) in [7, 11) is 0. The van der Waals surface area contributed by atoms with E-state index in [1.807, 2.05) is 6.07 Å². The second-order valence-corrected chi connectivity index (χ2v) is 5.91. The number of pyridine rings is 1. The summed E-state index contributed by atoms with van der Waals surface area (Å²) in [6.07, 6.45) is 5.66. The number of nitrogens with one attached hydrogen (secondary N) is 1. The second kappa shape index (κ2) is 7.82. The second-order valence-electron chi connectivity index (χ2n) is 5.91. The van der Waals surface area contributed by atoms with Crippen molar-refractivity contribution in [1.29, 1.82) is 5.26 Å². The topological polar surface area (TPSA) is 77.2 Å². The van der Waals surface area contributed by atoms with Gasteiger partial charge in [0, 0.05) is 13.1 Å². The number of rotatable bonds is 8. The summed E-state index contributed by atoms with van der Waals surface area (Å²) in [6.45, 7) is 7.95. The van der Waals surface area contributed by atoms with E-state index in [4.69, 9.17) is 5.26 Å². The molecule has 0 unspecified atom stereocenters. The lowest BCUT2D eigenvalue weighted by atomic mass is 10.2. The molecule has 0 bridgehead atoms. The summed E-state index contributed by atoms with van der Waals surface area (Å²) in [6, 6.07) is 3.76. The zero-order valence-electron chi connectivity index (χ0n) is 14.2. The lowest BCUT2D eigenvalue weighted by Gasteiger charge is -2.21. The quantitative estimate of drug-likeness (QED) is 0.760. The normalized spacial score (nSPS) is 10.9. The Morgan fingerprint density at radius 3 is 2.61 bits per heavy atom. The molecule has 0 aliphatic heterocycles. The average Bonchev–Trinajstić information content (AvgIpc) is 2.95. The minimum atomic E-state index is -0.328. The summed E-state index contributed by atoms with van der Waals surface area (Å²) in [4.78, 5) is 19.1. The van der Waals surface area contributed by atoms with Crippen molar-refractivity contribution in [2.24, 2.45) is 0 Å². The third kappa shape index (κ3) is 3.73. The van der Waals surface area contributed by atoms with Crippen LogP contribution in [0.3, 0.4) is 0 Å². The lowest BCUT2D eigenvalue weighted by Crippen LogP contribution is -2.27. The molecule has 23 heavy (non-hydrogen) atoms. The Morgan fingerprint density at radius 1 is 1.26 bits per heavy atom. The molecule has 0 saturated heterocycles. The smallest absolute Gasteiger partial charge is 0.289 e. The van der Waals surface area contributed by atoms with Gasteiger partial charge in [0.1, 0.15) is 11.6 Å². The van der Waals surface area contributed by atoms with E-state index < -0.39 is 0 Å². The number of aromatic nitrogens is 3. The van der Waals surface area contributed by atoms with Crippen LogP contribution in [-0.2, 0) is 0 Å². The molecule has 0 radical (unpaired) electrons. The van der Waals surface area contributed by atoms with Crippen molar-refractivity contribution in [1.82, 2.24) is 14.6 Å². The third-order valence-corrected chi connectivity index (χ3v) is 4.04. The molecule has 6 nitrogen and oxygen atoms in total. The summed E-state index contributed by atoms with van der Waals surface area (Å²) in [5.74, 6) is 0.709. The van der Waals surface area contributed by atoms with Gasteiger partial charge in [-0.3, -0.25) is 9.89 Å². The molecule has 2 rings (SSSR count). The molecule has 0 saturated carbocycles. The molecule has 0 aromatic carbocycles. The van der Waals surface area contributed by atoms with Gasteiger partial charge in [0.2, 0.25) is 5.95 Å². The van der Waals surface area contributed by atoms with Gasteiger partial charge in [-0.1, -0.05) is 33.1 Å². The van der Waals surface area contributed by atoms with E-state index in [1.54, 1.807) is 13.0 Å². The third-order valence-electron chi connectivity index (χ3n) is 4.04. The predicted molar refractivity (Wildman–Crippen MR) is 91.9 cm³/mol. The highest BCUT2D eigenvalue weighted by atomic mass is 16.1. The highest BCUT2D eigenvalue weighted by molar-refractivity contribution is 5.50. The van der Waals surface area contributed by atoms with Crippen LogP contribution in [0.5, 0.6) is 0 Å². The van der Waals surface area contributed by atoms with E-state index in [9.17, 15) is 4.79 Å². The van der Waals surface area contributed by atoms with Gasteiger partial charge in [-0.15, -0.1) is 0 Å². The fraction of sp³-hybridized carbons (Fsp3) is 0.588. The van der Waals surface area contributed by atoms with Crippen LogP contribution in [0.15, 0.2) is 10.9 Å². The maximum atomic E-state index is 12.3. The first-order chi connectivity index (χ1) is 11.1. The molecule has 6 heteroatoms. The Labute approximate surface area is 136 Å². The van der Waals surface area contributed by atoms with E-state index >= 15 is 0 Å². The fourth-order valence-electron chi connectivity index (χ4n) is 2.64. The van der Waals surface area contributed by atoms with Gasteiger partial charge in [-0.05, 0) is 31.4 Å². The van der Waals surface area contributed by atoms with Crippen molar-refractivity contribution in [3.63, 3.8) is 0 Å². The first kappa shape index (κ1) is 17.1. The maximum absolute atomic E-state index is 12.3. The Bertz CT molecular complexity index is 753. The van der Waals surface area contributed by atoms with Crippen molar-refractivity contribution < 1.29 is 0 Å². The zero-order chi connectivity index (χ0) is 16.8. The van der Waals surface area contributed by atoms with Gasteiger partial charge in [-0.2, -0.15) is 14.8 Å². The molecule has 124 valence electrons. The molecule has 2 heterocycles. The monoisotopic (exact) mass is 315 g/mol. The van der Waals surface area contributed by atoms with Crippen molar-refractivity contribution in [3.8, 4) is 6.07 Å². The molecule has 0 amide bonds. The van der Waals surface area contributed by atoms with E-state index in [1.165, 1.54) is 17.4 Å². The van der Waals surface area contributed by atoms with Gasteiger partial charge < -0.3 is 4.90 Å². The van der Waals surface area contributed by atoms with Gasteiger partial charge in [0.25, 0.3) is 5.56 Å². The average molecular weight is 315 g/mol. The highest BCUT2D eigenvalue weighted by Crippen LogP contribution is 2.14. The Hall–Kier alpha value is -2.29. The van der Waals surface area contributed by atoms with Crippen LogP contribution < -0.4 is 10.5 Å². The largest absolute Gasteiger partial charge is 0.341 e. The molecule has 0 atom stereocenters. The minimum Gasteiger partial charge on any atom is -0.341 e. The van der Waals surface area contributed by atoms with Gasteiger partial charge in [-0.25, -0.2) is 0 Å². The van der Waals surface area contributed by atoms with Crippen molar-refractivity contribution in [3.05, 3.63) is 27.5 Å². The molecule has 1 N–H and O–H groups in total. The fourth-order valence-corrected chi connectivity index (χ4v) is 2.64. The first-order valence-electron chi connectivity index (χ1n) is 8.39. The maximum Gasteiger partial charge on any atom is 0.289 e. The number of anilines is 1. The SMILES string of the molecule is CCCCCN(CCCC)c1nc2cc(C)c(C#N)c(=O)n2[nH]1. The van der Waals surface area contributed by atoms with Crippen molar-refractivity contribution in [2.45, 2.75) is 52.9 Å². The molecular formula is C17H25N5O. The number of aromatic amines is 1. The molecule has 2 aromatic heterocycles. The number of nitrogens with zero attached hydrogens (tertiary/aromatic N) is 4. The molecule has 0 aliphatic rings. The Balaban J connectivity index is 2.37.